The molecule has 0 aliphatic heterocycles. The number of urea groups is 1. The van der Waals surface area contributed by atoms with Crippen molar-refractivity contribution in [3.05, 3.63) is 12.5 Å². The van der Waals surface area contributed by atoms with Crippen molar-refractivity contribution in [2.75, 3.05) is 5.32 Å². The van der Waals surface area contributed by atoms with E-state index in [9.17, 15) is 4.79 Å². The van der Waals surface area contributed by atoms with Crippen molar-refractivity contribution in [2.45, 2.75) is 25.8 Å². The molecule has 1 fully saturated rings. The van der Waals surface area contributed by atoms with Gasteiger partial charge in [0.2, 0.25) is 0 Å². The highest BCUT2D eigenvalue weighted by molar-refractivity contribution is 5.87. The number of amides is 2. The molecule has 1 saturated carbocycles. The van der Waals surface area contributed by atoms with Gasteiger partial charge in [0.25, 0.3) is 0 Å². The molecule has 0 bridgehead atoms. The molecule has 2 rings (SSSR count). The van der Waals surface area contributed by atoms with Crippen molar-refractivity contribution in [3.8, 4) is 0 Å². The van der Waals surface area contributed by atoms with Crippen molar-refractivity contribution in [3.63, 3.8) is 0 Å². The van der Waals surface area contributed by atoms with Crippen LogP contribution in [-0.4, -0.2) is 17.1 Å². The number of anilines is 1. The average Bonchev–Trinajstić information content (AvgIpc) is 2.87. The topological polar surface area (TPSA) is 67.2 Å². The van der Waals surface area contributed by atoms with Gasteiger partial charge >= 0.3 is 12.0 Å². The summed E-state index contributed by atoms with van der Waals surface area (Å²) in [6, 6.07) is 0.197. The van der Waals surface area contributed by atoms with Gasteiger partial charge in [0.05, 0.1) is 6.20 Å². The quantitative estimate of drug-likeness (QED) is 0.769. The summed E-state index contributed by atoms with van der Waals surface area (Å²) in [4.78, 5) is 15.1. The Morgan fingerprint density at radius 1 is 1.71 bits per heavy atom. The maximum atomic E-state index is 11.3. The Bertz CT molecular complexity index is 306. The standard InChI is InChI=1S/C9H13N3O2/c1-6(7-2-3-7)11-8(13)12-9-10-4-5-14-9/h4-7H,2-3H2,1H3,(H2,10,11,12,13). The molecule has 1 unspecified atom stereocenters. The number of rotatable bonds is 3. The van der Waals surface area contributed by atoms with Crippen LogP contribution in [0.25, 0.3) is 0 Å². The number of hydrogen-bond acceptors (Lipinski definition) is 3. The third kappa shape index (κ3) is 2.25. The normalized spacial score (nSPS) is 17.5. The lowest BCUT2D eigenvalue weighted by molar-refractivity contribution is 0.247. The van der Waals surface area contributed by atoms with Crippen molar-refractivity contribution < 1.29 is 9.21 Å². The average molecular weight is 195 g/mol. The third-order valence-electron chi connectivity index (χ3n) is 2.34. The SMILES string of the molecule is CC(NC(=O)Nc1ncco1)C1CC1. The van der Waals surface area contributed by atoms with E-state index in [1.54, 1.807) is 0 Å². The van der Waals surface area contributed by atoms with E-state index >= 15 is 0 Å². The molecule has 0 saturated heterocycles. The number of aromatic nitrogens is 1. The summed E-state index contributed by atoms with van der Waals surface area (Å²) in [6.07, 6.45) is 5.32. The van der Waals surface area contributed by atoms with Gasteiger partial charge in [-0.05, 0) is 25.7 Å². The van der Waals surface area contributed by atoms with Crippen LogP contribution in [0.3, 0.4) is 0 Å². The monoisotopic (exact) mass is 195 g/mol. The minimum atomic E-state index is -0.258. The van der Waals surface area contributed by atoms with Crippen LogP contribution in [0.4, 0.5) is 10.8 Å². The third-order valence-corrected chi connectivity index (χ3v) is 2.34. The molecule has 1 aromatic rings. The first kappa shape index (κ1) is 9.05. The Balaban J connectivity index is 1.78. The fourth-order valence-electron chi connectivity index (χ4n) is 1.34. The van der Waals surface area contributed by atoms with Gasteiger partial charge < -0.3 is 9.73 Å². The number of carbonyl (C=O) groups excluding carboxylic acids is 1. The fourth-order valence-corrected chi connectivity index (χ4v) is 1.34. The highest BCUT2D eigenvalue weighted by Gasteiger charge is 2.28. The van der Waals surface area contributed by atoms with Crippen LogP contribution < -0.4 is 10.6 Å². The molecule has 5 heteroatoms. The molecule has 1 atom stereocenters. The van der Waals surface area contributed by atoms with E-state index in [4.69, 9.17) is 4.42 Å². The van der Waals surface area contributed by atoms with Gasteiger partial charge in [-0.1, -0.05) is 0 Å². The Morgan fingerprint density at radius 3 is 3.07 bits per heavy atom. The zero-order chi connectivity index (χ0) is 9.97. The summed E-state index contributed by atoms with van der Waals surface area (Å²) in [6.45, 7) is 2.01. The van der Waals surface area contributed by atoms with Gasteiger partial charge in [0.15, 0.2) is 0 Å². The maximum Gasteiger partial charge on any atom is 0.323 e. The van der Waals surface area contributed by atoms with Crippen molar-refractivity contribution in [2.24, 2.45) is 5.92 Å². The van der Waals surface area contributed by atoms with E-state index in [0.717, 1.165) is 0 Å². The lowest BCUT2D eigenvalue weighted by Gasteiger charge is -2.11. The second-order valence-electron chi connectivity index (χ2n) is 3.56. The summed E-state index contributed by atoms with van der Waals surface area (Å²) < 4.78 is 4.88. The lowest BCUT2D eigenvalue weighted by atomic mass is 10.2. The van der Waals surface area contributed by atoms with E-state index in [1.807, 2.05) is 6.92 Å². The van der Waals surface area contributed by atoms with Crippen LogP contribution in [0, 0.1) is 5.92 Å². The molecular formula is C9H13N3O2. The van der Waals surface area contributed by atoms with Crippen LogP contribution in [0.1, 0.15) is 19.8 Å². The molecule has 14 heavy (non-hydrogen) atoms. The van der Waals surface area contributed by atoms with Crippen molar-refractivity contribution in [1.29, 1.82) is 0 Å². The summed E-state index contributed by atoms with van der Waals surface area (Å²) >= 11 is 0. The van der Waals surface area contributed by atoms with Gasteiger partial charge in [0.1, 0.15) is 6.26 Å². The van der Waals surface area contributed by atoms with E-state index in [-0.39, 0.29) is 18.1 Å². The molecule has 2 amide bonds. The smallest absolute Gasteiger partial charge is 0.323 e. The molecule has 1 heterocycles. The molecule has 1 aliphatic rings. The van der Waals surface area contributed by atoms with Crippen LogP contribution >= 0.6 is 0 Å². The minimum absolute atomic E-state index is 0.227. The molecule has 5 nitrogen and oxygen atoms in total. The van der Waals surface area contributed by atoms with Crippen molar-refractivity contribution >= 4 is 12.0 Å². The number of nitrogens with one attached hydrogen (secondary N) is 2. The number of nitrogens with zero attached hydrogens (tertiary/aromatic N) is 1. The lowest BCUT2D eigenvalue weighted by Crippen LogP contribution is -2.37. The fraction of sp³-hybridized carbons (Fsp3) is 0.556. The Morgan fingerprint density at radius 2 is 2.50 bits per heavy atom. The maximum absolute atomic E-state index is 11.3. The number of carbonyl (C=O) groups is 1. The zero-order valence-electron chi connectivity index (χ0n) is 7.99. The largest absolute Gasteiger partial charge is 0.432 e. The molecule has 76 valence electrons. The summed E-state index contributed by atoms with van der Waals surface area (Å²) in [5.41, 5.74) is 0. The van der Waals surface area contributed by atoms with Gasteiger partial charge in [-0.2, -0.15) is 0 Å². The van der Waals surface area contributed by atoms with Crippen LogP contribution in [0.2, 0.25) is 0 Å². The molecule has 0 spiro atoms. The second kappa shape index (κ2) is 3.69. The van der Waals surface area contributed by atoms with Gasteiger partial charge in [-0.25, -0.2) is 9.78 Å². The Labute approximate surface area is 81.9 Å². The summed E-state index contributed by atoms with van der Waals surface area (Å²) in [5.74, 6) is 0.644. The number of oxazole rings is 1. The van der Waals surface area contributed by atoms with Crippen LogP contribution in [0.5, 0.6) is 0 Å². The van der Waals surface area contributed by atoms with Gasteiger partial charge in [0, 0.05) is 6.04 Å². The predicted octanol–water partition coefficient (Wildman–Crippen LogP) is 1.59. The van der Waals surface area contributed by atoms with E-state index < -0.39 is 0 Å². The molecular weight excluding hydrogens is 182 g/mol. The van der Waals surface area contributed by atoms with E-state index in [0.29, 0.717) is 5.92 Å². The molecule has 1 aromatic heterocycles. The first-order valence-corrected chi connectivity index (χ1v) is 4.72. The van der Waals surface area contributed by atoms with Crippen molar-refractivity contribution in [1.82, 2.24) is 10.3 Å². The zero-order valence-corrected chi connectivity index (χ0v) is 7.99. The summed E-state index contributed by atoms with van der Waals surface area (Å²) in [7, 11) is 0. The highest BCUT2D eigenvalue weighted by Crippen LogP contribution is 2.32. The first-order valence-electron chi connectivity index (χ1n) is 4.72. The van der Waals surface area contributed by atoms with Gasteiger partial charge in [-0.3, -0.25) is 5.32 Å². The van der Waals surface area contributed by atoms with Crippen LogP contribution in [-0.2, 0) is 0 Å². The molecule has 0 aromatic carbocycles. The van der Waals surface area contributed by atoms with E-state index in [1.165, 1.54) is 25.3 Å². The molecule has 2 N–H and O–H groups in total. The van der Waals surface area contributed by atoms with E-state index in [2.05, 4.69) is 15.6 Å². The second-order valence-corrected chi connectivity index (χ2v) is 3.56. The first-order chi connectivity index (χ1) is 6.75. The molecule has 1 aliphatic carbocycles. The minimum Gasteiger partial charge on any atom is -0.432 e. The Kier molecular flexibility index (Phi) is 2.39. The number of hydrogen-bond donors (Lipinski definition) is 2. The summed E-state index contributed by atoms with van der Waals surface area (Å²) in [5, 5.41) is 5.34. The van der Waals surface area contributed by atoms with Crippen LogP contribution in [0.15, 0.2) is 16.9 Å². The highest BCUT2D eigenvalue weighted by atomic mass is 16.4. The van der Waals surface area contributed by atoms with Gasteiger partial charge in [-0.15, -0.1) is 0 Å². The molecule has 0 radical (unpaired) electrons. The predicted molar refractivity (Wildman–Crippen MR) is 50.8 cm³/mol. The Hall–Kier alpha value is -1.52.